The molecule has 0 fully saturated rings. The largest absolute Gasteiger partial charge is 0.497 e. The Hall–Kier alpha value is -2.81. The Kier molecular flexibility index (Phi) is 4.93. The van der Waals surface area contributed by atoms with E-state index in [4.69, 9.17) is 9.47 Å². The van der Waals surface area contributed by atoms with Gasteiger partial charge in [0.05, 0.1) is 29.7 Å². The number of hydrogen-bond donors (Lipinski definition) is 1. The molecule has 2 aromatic carbocycles. The minimum absolute atomic E-state index is 0.172. The number of sulfonamides is 1. The molecule has 0 aliphatic carbocycles. The molecule has 9 heteroatoms. The van der Waals surface area contributed by atoms with E-state index in [1.807, 2.05) is 0 Å². The fourth-order valence-electron chi connectivity index (χ4n) is 2.07. The summed E-state index contributed by atoms with van der Waals surface area (Å²) < 4.78 is 37.8. The molecule has 0 atom stereocenters. The maximum Gasteiger partial charge on any atom is 0.270 e. The first-order chi connectivity index (χ1) is 11.3. The highest BCUT2D eigenvalue weighted by Crippen LogP contribution is 2.32. The summed E-state index contributed by atoms with van der Waals surface area (Å²) in [6, 6.07) is 8.24. The molecule has 0 aliphatic heterocycles. The Morgan fingerprint density at radius 3 is 2.38 bits per heavy atom. The lowest BCUT2D eigenvalue weighted by Crippen LogP contribution is -2.15. The zero-order valence-electron chi connectivity index (χ0n) is 13.3. The van der Waals surface area contributed by atoms with Crippen LogP contribution in [0.4, 0.5) is 11.4 Å². The predicted octanol–water partition coefficient (Wildman–Crippen LogP) is 2.72. The number of nitrogens with one attached hydrogen (secondary N) is 1. The first-order valence-corrected chi connectivity index (χ1v) is 8.26. The van der Waals surface area contributed by atoms with Crippen LogP contribution >= 0.6 is 0 Å². The average molecular weight is 352 g/mol. The zero-order valence-corrected chi connectivity index (χ0v) is 14.1. The minimum Gasteiger partial charge on any atom is -0.497 e. The Labute approximate surface area is 139 Å². The number of hydrogen-bond acceptors (Lipinski definition) is 6. The fraction of sp³-hybridized carbons (Fsp3) is 0.200. The van der Waals surface area contributed by atoms with Crippen LogP contribution in [0, 0.1) is 17.0 Å². The van der Waals surface area contributed by atoms with Gasteiger partial charge in [0.15, 0.2) is 0 Å². The second-order valence-electron chi connectivity index (χ2n) is 4.88. The lowest BCUT2D eigenvalue weighted by atomic mass is 10.2. The number of rotatable bonds is 6. The number of methoxy groups -OCH3 is 2. The van der Waals surface area contributed by atoms with E-state index in [1.165, 1.54) is 38.5 Å². The molecule has 128 valence electrons. The van der Waals surface area contributed by atoms with E-state index >= 15 is 0 Å². The second kappa shape index (κ2) is 6.75. The zero-order chi connectivity index (χ0) is 17.9. The summed E-state index contributed by atoms with van der Waals surface area (Å²) in [6.45, 7) is 1.56. The Morgan fingerprint density at radius 1 is 1.08 bits per heavy atom. The molecule has 24 heavy (non-hydrogen) atoms. The van der Waals surface area contributed by atoms with Crippen molar-refractivity contribution in [3.05, 3.63) is 52.1 Å². The van der Waals surface area contributed by atoms with Crippen molar-refractivity contribution in [3.8, 4) is 11.5 Å². The number of ether oxygens (including phenoxy) is 2. The normalized spacial score (nSPS) is 11.0. The summed E-state index contributed by atoms with van der Waals surface area (Å²) in [4.78, 5) is 10.1. The fourth-order valence-corrected chi connectivity index (χ4v) is 3.41. The van der Waals surface area contributed by atoms with E-state index < -0.39 is 14.9 Å². The van der Waals surface area contributed by atoms with Crippen molar-refractivity contribution in [2.75, 3.05) is 18.9 Å². The van der Waals surface area contributed by atoms with Crippen LogP contribution in [0.1, 0.15) is 5.56 Å². The second-order valence-corrected chi connectivity index (χ2v) is 6.53. The van der Waals surface area contributed by atoms with Crippen molar-refractivity contribution < 1.29 is 22.8 Å². The van der Waals surface area contributed by atoms with E-state index in [0.717, 1.165) is 6.07 Å². The molecule has 0 saturated heterocycles. The molecule has 2 aromatic rings. The lowest BCUT2D eigenvalue weighted by Gasteiger charge is -2.14. The first-order valence-electron chi connectivity index (χ1n) is 6.78. The number of anilines is 1. The first kappa shape index (κ1) is 17.5. The Bertz CT molecular complexity index is 880. The Morgan fingerprint density at radius 2 is 1.79 bits per heavy atom. The summed E-state index contributed by atoms with van der Waals surface area (Å²) in [6.07, 6.45) is 0. The van der Waals surface area contributed by atoms with Gasteiger partial charge in [0.25, 0.3) is 15.7 Å². The molecule has 0 bridgehead atoms. The van der Waals surface area contributed by atoms with E-state index in [2.05, 4.69) is 4.72 Å². The topological polar surface area (TPSA) is 108 Å². The van der Waals surface area contributed by atoms with Crippen LogP contribution in [0.25, 0.3) is 0 Å². The SMILES string of the molecule is COc1ccc(NS(=O)(=O)c2cc([N+](=O)[O-])ccc2C)c(OC)c1. The number of nitro groups is 1. The van der Waals surface area contributed by atoms with Crippen molar-refractivity contribution in [2.24, 2.45) is 0 Å². The highest BCUT2D eigenvalue weighted by molar-refractivity contribution is 7.92. The predicted molar refractivity (Wildman–Crippen MR) is 88.2 cm³/mol. The van der Waals surface area contributed by atoms with Crippen LogP contribution in [0.2, 0.25) is 0 Å². The van der Waals surface area contributed by atoms with E-state index in [1.54, 1.807) is 13.0 Å². The molecule has 2 rings (SSSR count). The van der Waals surface area contributed by atoms with Gasteiger partial charge >= 0.3 is 0 Å². The summed E-state index contributed by atoms with van der Waals surface area (Å²) in [7, 11) is -1.16. The van der Waals surface area contributed by atoms with Gasteiger partial charge < -0.3 is 9.47 Å². The van der Waals surface area contributed by atoms with Gasteiger partial charge in [-0.2, -0.15) is 0 Å². The minimum atomic E-state index is -4.03. The molecular weight excluding hydrogens is 336 g/mol. The van der Waals surface area contributed by atoms with Gasteiger partial charge in [-0.25, -0.2) is 8.42 Å². The molecule has 8 nitrogen and oxygen atoms in total. The third-order valence-electron chi connectivity index (χ3n) is 3.33. The molecule has 0 aromatic heterocycles. The number of nitro benzene ring substituents is 1. The number of aryl methyl sites for hydroxylation is 1. The molecular formula is C15H16N2O6S. The molecule has 0 amide bonds. The maximum atomic E-state index is 12.6. The van der Waals surface area contributed by atoms with Crippen LogP contribution in [0.15, 0.2) is 41.3 Å². The van der Waals surface area contributed by atoms with Crippen molar-refractivity contribution in [1.82, 2.24) is 0 Å². The van der Waals surface area contributed by atoms with Crippen molar-refractivity contribution in [1.29, 1.82) is 0 Å². The number of nitrogens with zero attached hydrogens (tertiary/aromatic N) is 1. The average Bonchev–Trinajstić information content (AvgIpc) is 2.54. The van der Waals surface area contributed by atoms with Crippen LogP contribution in [-0.4, -0.2) is 27.6 Å². The monoisotopic (exact) mass is 352 g/mol. The van der Waals surface area contributed by atoms with Crippen molar-refractivity contribution in [3.63, 3.8) is 0 Å². The molecule has 0 spiro atoms. The summed E-state index contributed by atoms with van der Waals surface area (Å²) in [5, 5.41) is 10.9. The summed E-state index contributed by atoms with van der Waals surface area (Å²) in [5.74, 6) is 0.766. The van der Waals surface area contributed by atoms with Crippen LogP contribution < -0.4 is 14.2 Å². The van der Waals surface area contributed by atoms with Gasteiger partial charge in [0.1, 0.15) is 11.5 Å². The summed E-state index contributed by atoms with van der Waals surface area (Å²) in [5.41, 5.74) is 0.285. The molecule has 1 N–H and O–H groups in total. The van der Waals surface area contributed by atoms with E-state index in [0.29, 0.717) is 11.3 Å². The van der Waals surface area contributed by atoms with Crippen LogP contribution in [0.3, 0.4) is 0 Å². The summed E-state index contributed by atoms with van der Waals surface area (Å²) >= 11 is 0. The van der Waals surface area contributed by atoms with E-state index in [-0.39, 0.29) is 22.0 Å². The Balaban J connectivity index is 2.46. The van der Waals surface area contributed by atoms with Crippen LogP contribution in [0.5, 0.6) is 11.5 Å². The van der Waals surface area contributed by atoms with Gasteiger partial charge in [-0.1, -0.05) is 6.07 Å². The third-order valence-corrected chi connectivity index (χ3v) is 4.83. The number of non-ortho nitro benzene ring substituents is 1. The van der Waals surface area contributed by atoms with Gasteiger partial charge in [-0.3, -0.25) is 14.8 Å². The molecule has 0 aliphatic rings. The highest BCUT2D eigenvalue weighted by Gasteiger charge is 2.22. The number of benzene rings is 2. The molecule has 0 heterocycles. The maximum absolute atomic E-state index is 12.6. The van der Waals surface area contributed by atoms with E-state index in [9.17, 15) is 18.5 Å². The smallest absolute Gasteiger partial charge is 0.270 e. The van der Waals surface area contributed by atoms with Crippen LogP contribution in [-0.2, 0) is 10.0 Å². The van der Waals surface area contributed by atoms with Gasteiger partial charge in [0.2, 0.25) is 0 Å². The molecule has 0 radical (unpaired) electrons. The molecule has 0 unspecified atom stereocenters. The van der Waals surface area contributed by atoms with Gasteiger partial charge in [-0.05, 0) is 24.6 Å². The highest BCUT2D eigenvalue weighted by atomic mass is 32.2. The quantitative estimate of drug-likeness (QED) is 0.632. The van der Waals surface area contributed by atoms with Gasteiger partial charge in [0, 0.05) is 18.2 Å². The third kappa shape index (κ3) is 3.57. The molecule has 0 saturated carbocycles. The van der Waals surface area contributed by atoms with Crippen molar-refractivity contribution >= 4 is 21.4 Å². The lowest BCUT2D eigenvalue weighted by molar-refractivity contribution is -0.385. The van der Waals surface area contributed by atoms with Crippen molar-refractivity contribution in [2.45, 2.75) is 11.8 Å². The van der Waals surface area contributed by atoms with Gasteiger partial charge in [-0.15, -0.1) is 0 Å². The standard InChI is InChI=1S/C15H16N2O6S/c1-10-4-5-11(17(18)19)8-15(10)24(20,21)16-13-7-6-12(22-2)9-14(13)23-3/h4-9,16H,1-3H3.